The zero-order chi connectivity index (χ0) is 21.5. The average molecular weight is 426 g/mol. The van der Waals surface area contributed by atoms with Gasteiger partial charge in [0, 0.05) is 0 Å². The number of anilines is 2. The van der Waals surface area contributed by atoms with Crippen LogP contribution >= 0.6 is 11.8 Å². The van der Waals surface area contributed by atoms with E-state index in [4.69, 9.17) is 4.74 Å². The van der Waals surface area contributed by atoms with Gasteiger partial charge in [0.1, 0.15) is 16.6 Å². The van der Waals surface area contributed by atoms with Crippen LogP contribution in [-0.2, 0) is 4.79 Å². The number of hydrogen-bond acceptors (Lipinski definition) is 6. The van der Waals surface area contributed by atoms with Crippen molar-refractivity contribution in [3.8, 4) is 5.75 Å². The van der Waals surface area contributed by atoms with Gasteiger partial charge in [0.05, 0.1) is 24.1 Å². The van der Waals surface area contributed by atoms with Crippen molar-refractivity contribution in [3.63, 3.8) is 0 Å². The molecule has 3 rings (SSSR count). The van der Waals surface area contributed by atoms with Crippen molar-refractivity contribution in [3.05, 3.63) is 71.5 Å². The molecule has 0 aliphatic carbocycles. The monoisotopic (exact) mass is 426 g/mol. The number of aromatic nitrogens is 2. The zero-order valence-corrected chi connectivity index (χ0v) is 17.1. The molecule has 2 amide bonds. The first-order valence-corrected chi connectivity index (χ1v) is 9.91. The third kappa shape index (κ3) is 5.54. The quantitative estimate of drug-likeness (QED) is 0.557. The Hall–Kier alpha value is -3.46. The molecule has 0 fully saturated rings. The van der Waals surface area contributed by atoms with Gasteiger partial charge in [-0.25, -0.2) is 4.39 Å². The summed E-state index contributed by atoms with van der Waals surface area (Å²) in [6.07, 6.45) is 0. The Morgan fingerprint density at radius 2 is 1.87 bits per heavy atom. The summed E-state index contributed by atoms with van der Waals surface area (Å²) in [5.41, 5.74) is 1.51. The largest absolute Gasteiger partial charge is 0.495 e. The highest BCUT2D eigenvalue weighted by Crippen LogP contribution is 2.25. The number of methoxy groups -OCH3 is 1. The first-order valence-electron chi connectivity index (χ1n) is 8.93. The van der Waals surface area contributed by atoms with Gasteiger partial charge in [-0.3, -0.25) is 9.59 Å². The summed E-state index contributed by atoms with van der Waals surface area (Å²) >= 11 is 1.19. The molecular weight excluding hydrogens is 407 g/mol. The molecule has 3 aromatic rings. The number of carbonyl (C=O) groups excluding carboxylic acids is 2. The Labute approximate surface area is 177 Å². The Kier molecular flexibility index (Phi) is 6.97. The minimum atomic E-state index is -0.619. The lowest BCUT2D eigenvalue weighted by molar-refractivity contribution is -0.113. The molecule has 0 aliphatic heterocycles. The van der Waals surface area contributed by atoms with Gasteiger partial charge in [-0.05, 0) is 48.9 Å². The fourth-order valence-electron chi connectivity index (χ4n) is 2.54. The number of ether oxygens (including phenoxy) is 1. The van der Waals surface area contributed by atoms with E-state index in [9.17, 15) is 14.0 Å². The van der Waals surface area contributed by atoms with Gasteiger partial charge in [0.2, 0.25) is 5.91 Å². The van der Waals surface area contributed by atoms with Gasteiger partial charge in [0.15, 0.2) is 5.82 Å². The Bertz CT molecular complexity index is 1060. The molecule has 0 spiro atoms. The highest BCUT2D eigenvalue weighted by molar-refractivity contribution is 7.99. The lowest BCUT2D eigenvalue weighted by Gasteiger charge is -2.10. The zero-order valence-electron chi connectivity index (χ0n) is 16.3. The van der Waals surface area contributed by atoms with Crippen LogP contribution in [0.25, 0.3) is 0 Å². The first kappa shape index (κ1) is 21.3. The second-order valence-corrected chi connectivity index (χ2v) is 7.23. The Morgan fingerprint density at radius 3 is 2.57 bits per heavy atom. The second-order valence-electron chi connectivity index (χ2n) is 6.23. The first-order chi connectivity index (χ1) is 14.5. The molecule has 9 heteroatoms. The highest BCUT2D eigenvalue weighted by atomic mass is 32.2. The van der Waals surface area contributed by atoms with E-state index in [1.165, 1.54) is 43.1 Å². The molecule has 0 saturated carbocycles. The molecular formula is C21H19FN4O3S. The van der Waals surface area contributed by atoms with E-state index >= 15 is 0 Å². The summed E-state index contributed by atoms with van der Waals surface area (Å²) in [6, 6.07) is 14.3. The number of nitrogens with one attached hydrogen (secondary N) is 2. The van der Waals surface area contributed by atoms with E-state index in [0.29, 0.717) is 16.5 Å². The van der Waals surface area contributed by atoms with Crippen LogP contribution in [0.2, 0.25) is 0 Å². The van der Waals surface area contributed by atoms with Crippen LogP contribution < -0.4 is 15.4 Å². The number of carbonyl (C=O) groups is 2. The van der Waals surface area contributed by atoms with Gasteiger partial charge < -0.3 is 15.4 Å². The summed E-state index contributed by atoms with van der Waals surface area (Å²) in [5.74, 6) is -0.578. The number of hydrogen-bond donors (Lipinski definition) is 2. The number of thioether (sulfide) groups is 1. The average Bonchev–Trinajstić information content (AvgIpc) is 2.74. The van der Waals surface area contributed by atoms with E-state index in [0.717, 1.165) is 5.56 Å². The molecule has 2 aromatic carbocycles. The summed E-state index contributed by atoms with van der Waals surface area (Å²) < 4.78 is 18.9. The number of amides is 2. The lowest BCUT2D eigenvalue weighted by atomic mass is 10.2. The fraction of sp³-hybridized carbons (Fsp3) is 0.143. The van der Waals surface area contributed by atoms with Crippen molar-refractivity contribution < 1.29 is 18.7 Å². The van der Waals surface area contributed by atoms with Crippen LogP contribution in [0.4, 0.5) is 15.9 Å². The van der Waals surface area contributed by atoms with Crippen molar-refractivity contribution >= 4 is 35.1 Å². The third-order valence-electron chi connectivity index (χ3n) is 3.98. The second kappa shape index (κ2) is 9.84. The smallest absolute Gasteiger partial charge is 0.259 e. The predicted octanol–water partition coefficient (Wildman–Crippen LogP) is 3.92. The number of benzene rings is 2. The van der Waals surface area contributed by atoms with Gasteiger partial charge >= 0.3 is 0 Å². The maximum atomic E-state index is 13.7. The summed E-state index contributed by atoms with van der Waals surface area (Å²) in [7, 11) is 1.54. The van der Waals surface area contributed by atoms with Crippen LogP contribution in [0, 0.1) is 12.7 Å². The van der Waals surface area contributed by atoms with Crippen LogP contribution in [0.15, 0.2) is 59.6 Å². The van der Waals surface area contributed by atoms with Gasteiger partial charge in [-0.15, -0.1) is 10.2 Å². The molecule has 2 N–H and O–H groups in total. The van der Waals surface area contributed by atoms with Crippen molar-refractivity contribution in [2.75, 3.05) is 23.5 Å². The van der Waals surface area contributed by atoms with E-state index in [1.807, 2.05) is 19.1 Å². The summed E-state index contributed by atoms with van der Waals surface area (Å²) in [5, 5.41) is 13.7. The van der Waals surface area contributed by atoms with Crippen molar-refractivity contribution in [2.45, 2.75) is 11.9 Å². The molecule has 154 valence electrons. The van der Waals surface area contributed by atoms with Crippen molar-refractivity contribution in [1.82, 2.24) is 10.2 Å². The summed E-state index contributed by atoms with van der Waals surface area (Å²) in [4.78, 5) is 24.3. The van der Waals surface area contributed by atoms with Crippen LogP contribution in [0.3, 0.4) is 0 Å². The number of nitrogens with zero attached hydrogens (tertiary/aromatic N) is 2. The number of halogens is 1. The van der Waals surface area contributed by atoms with E-state index in [2.05, 4.69) is 20.8 Å². The predicted molar refractivity (Wildman–Crippen MR) is 113 cm³/mol. The van der Waals surface area contributed by atoms with Crippen LogP contribution in [-0.4, -0.2) is 34.9 Å². The minimum absolute atomic E-state index is 0.0824. The minimum Gasteiger partial charge on any atom is -0.495 e. The summed E-state index contributed by atoms with van der Waals surface area (Å²) in [6.45, 7) is 1.92. The van der Waals surface area contributed by atoms with Crippen molar-refractivity contribution in [2.24, 2.45) is 0 Å². The molecule has 30 heavy (non-hydrogen) atoms. The molecule has 0 unspecified atom stereocenters. The highest BCUT2D eigenvalue weighted by Gasteiger charge is 2.13. The molecule has 0 bridgehead atoms. The lowest BCUT2D eigenvalue weighted by Crippen LogP contribution is -2.16. The Balaban J connectivity index is 1.55. The van der Waals surface area contributed by atoms with Gasteiger partial charge in [0.25, 0.3) is 5.91 Å². The van der Waals surface area contributed by atoms with Gasteiger partial charge in [-0.2, -0.15) is 0 Å². The van der Waals surface area contributed by atoms with E-state index in [-0.39, 0.29) is 23.0 Å². The molecule has 0 aliphatic rings. The fourth-order valence-corrected chi connectivity index (χ4v) is 3.15. The molecule has 1 aromatic heterocycles. The normalized spacial score (nSPS) is 10.4. The SMILES string of the molecule is COc1ccc(C)cc1NC(=O)CSc1ccc(NC(=O)c2ccccc2F)nn1. The Morgan fingerprint density at radius 1 is 1.07 bits per heavy atom. The molecule has 1 heterocycles. The van der Waals surface area contributed by atoms with Crippen LogP contribution in [0.1, 0.15) is 15.9 Å². The number of rotatable bonds is 7. The number of aryl methyl sites for hydroxylation is 1. The molecule has 0 atom stereocenters. The van der Waals surface area contributed by atoms with E-state index in [1.54, 1.807) is 18.2 Å². The topological polar surface area (TPSA) is 93.2 Å². The van der Waals surface area contributed by atoms with Crippen molar-refractivity contribution in [1.29, 1.82) is 0 Å². The maximum Gasteiger partial charge on any atom is 0.259 e. The molecule has 7 nitrogen and oxygen atoms in total. The standard InChI is InChI=1S/C21H19FN4O3S/c1-13-7-8-17(29-2)16(11-13)23-19(27)12-30-20-10-9-18(25-26-20)24-21(28)14-5-3-4-6-15(14)22/h3-11H,12H2,1-2H3,(H,23,27)(H,24,25,28). The molecule has 0 radical (unpaired) electrons. The third-order valence-corrected chi connectivity index (χ3v) is 4.90. The van der Waals surface area contributed by atoms with E-state index < -0.39 is 11.7 Å². The molecule has 0 saturated heterocycles. The van der Waals surface area contributed by atoms with Crippen LogP contribution in [0.5, 0.6) is 5.75 Å². The maximum absolute atomic E-state index is 13.7. The van der Waals surface area contributed by atoms with Gasteiger partial charge in [-0.1, -0.05) is 30.0 Å².